The van der Waals surface area contributed by atoms with Crippen LogP contribution in [0.5, 0.6) is 0 Å². The molecule has 0 spiro atoms. The third-order valence-corrected chi connectivity index (χ3v) is 10.5. The fraction of sp³-hybridized carbons (Fsp3) is 0.462. The first kappa shape index (κ1) is 33.2. The number of carbonyl (C=O) groups is 1. The van der Waals surface area contributed by atoms with E-state index in [0.29, 0.717) is 22.6 Å². The number of hydrogen-bond donors (Lipinski definition) is 0. The van der Waals surface area contributed by atoms with Crippen molar-refractivity contribution < 1.29 is 9.53 Å². The lowest BCUT2D eigenvalue weighted by Crippen LogP contribution is -2.38. The molecular formula is C39H48N4O3S. The van der Waals surface area contributed by atoms with Crippen molar-refractivity contribution in [2.24, 2.45) is 5.92 Å². The average molecular weight is 653 g/mol. The number of nitrogens with zero attached hydrogens (tertiary/aromatic N) is 4. The van der Waals surface area contributed by atoms with Crippen LogP contribution in [-0.4, -0.2) is 59.8 Å². The van der Waals surface area contributed by atoms with Crippen LogP contribution in [-0.2, 0) is 24.0 Å². The van der Waals surface area contributed by atoms with Gasteiger partial charge in [-0.25, -0.2) is 4.98 Å². The molecule has 0 N–H and O–H groups in total. The van der Waals surface area contributed by atoms with Gasteiger partial charge in [0.2, 0.25) is 0 Å². The summed E-state index contributed by atoms with van der Waals surface area (Å²) in [5.74, 6) is 0.280. The van der Waals surface area contributed by atoms with E-state index in [9.17, 15) is 9.59 Å². The fourth-order valence-corrected chi connectivity index (χ4v) is 7.96. The van der Waals surface area contributed by atoms with Crippen LogP contribution in [0.1, 0.15) is 79.0 Å². The molecule has 7 nitrogen and oxygen atoms in total. The lowest BCUT2D eigenvalue weighted by Gasteiger charge is -2.29. The quantitative estimate of drug-likeness (QED) is 0.185. The van der Waals surface area contributed by atoms with Gasteiger partial charge in [-0.1, -0.05) is 58.0 Å². The molecule has 0 aliphatic carbocycles. The number of rotatable bonds is 9. The van der Waals surface area contributed by atoms with Gasteiger partial charge in [0.15, 0.2) is 0 Å². The highest BCUT2D eigenvalue weighted by molar-refractivity contribution is 7.15. The van der Waals surface area contributed by atoms with E-state index in [4.69, 9.17) is 9.72 Å². The van der Waals surface area contributed by atoms with Gasteiger partial charge in [0.25, 0.3) is 11.5 Å². The molecule has 47 heavy (non-hydrogen) atoms. The van der Waals surface area contributed by atoms with Crippen molar-refractivity contribution >= 4 is 22.9 Å². The number of para-hydroxylation sites is 1. The molecule has 4 aromatic rings. The molecule has 2 fully saturated rings. The van der Waals surface area contributed by atoms with Crippen LogP contribution < -0.4 is 10.5 Å². The van der Waals surface area contributed by atoms with Gasteiger partial charge >= 0.3 is 0 Å². The number of hydrogen-bond acceptors (Lipinski definition) is 6. The lowest BCUT2D eigenvalue weighted by atomic mass is 9.96. The molecule has 248 valence electrons. The Hall–Kier alpha value is -3.75. The third kappa shape index (κ3) is 6.81. The van der Waals surface area contributed by atoms with E-state index in [1.807, 2.05) is 15.5 Å². The Morgan fingerprint density at radius 1 is 0.936 bits per heavy atom. The van der Waals surface area contributed by atoms with Gasteiger partial charge in [0.1, 0.15) is 5.01 Å². The number of aromatic nitrogens is 2. The Morgan fingerprint density at radius 2 is 1.60 bits per heavy atom. The minimum atomic E-state index is -0.102. The molecular weight excluding hydrogens is 605 g/mol. The molecule has 0 radical (unpaired) electrons. The zero-order chi connectivity index (χ0) is 33.1. The molecule has 0 atom stereocenters. The first-order valence-corrected chi connectivity index (χ1v) is 18.2. The van der Waals surface area contributed by atoms with Gasteiger partial charge in [0, 0.05) is 48.0 Å². The molecule has 0 unspecified atom stereocenters. The number of piperidine rings is 1. The minimum Gasteiger partial charge on any atom is -0.378 e. The molecule has 8 heteroatoms. The topological polar surface area (TPSA) is 67.7 Å². The molecule has 4 heterocycles. The molecule has 0 saturated carbocycles. The second kappa shape index (κ2) is 14.6. The van der Waals surface area contributed by atoms with Crippen molar-refractivity contribution in [1.82, 2.24) is 14.5 Å². The summed E-state index contributed by atoms with van der Waals surface area (Å²) in [7, 11) is 0. The number of anilines is 1. The number of pyridine rings is 1. The summed E-state index contributed by atoms with van der Waals surface area (Å²) in [6, 6.07) is 16.7. The van der Waals surface area contributed by atoms with Crippen LogP contribution in [0.4, 0.5) is 5.69 Å². The van der Waals surface area contributed by atoms with Gasteiger partial charge in [-0.15, -0.1) is 11.3 Å². The molecule has 2 aromatic heterocycles. The molecule has 2 aliphatic heterocycles. The summed E-state index contributed by atoms with van der Waals surface area (Å²) in [5, 5.41) is 0.657. The highest BCUT2D eigenvalue weighted by Gasteiger charge is 2.29. The monoisotopic (exact) mass is 652 g/mol. The molecule has 2 aliphatic rings. The summed E-state index contributed by atoms with van der Waals surface area (Å²) in [5.41, 5.74) is 8.07. The maximum Gasteiger partial charge on any atom is 0.265 e. The van der Waals surface area contributed by atoms with E-state index < -0.39 is 0 Å². The Kier molecular flexibility index (Phi) is 10.3. The van der Waals surface area contributed by atoms with Crippen molar-refractivity contribution in [1.29, 1.82) is 0 Å². The number of likely N-dealkylation sites (tertiary alicyclic amines) is 1. The van der Waals surface area contributed by atoms with Crippen molar-refractivity contribution in [3.05, 3.63) is 86.1 Å². The van der Waals surface area contributed by atoms with Crippen LogP contribution in [0.2, 0.25) is 0 Å². The van der Waals surface area contributed by atoms with Gasteiger partial charge in [-0.05, 0) is 80.7 Å². The third-order valence-electron chi connectivity index (χ3n) is 9.51. The Morgan fingerprint density at radius 3 is 2.21 bits per heavy atom. The van der Waals surface area contributed by atoms with Gasteiger partial charge in [-0.2, -0.15) is 0 Å². The minimum absolute atomic E-state index is 0.0228. The molecule has 2 aromatic carbocycles. The van der Waals surface area contributed by atoms with Crippen molar-refractivity contribution in [3.8, 4) is 27.5 Å². The standard InChI is InChI=1S/C39H48N4O3S/c1-6-28-12-11-13-29(7-2)36(28)43-34(24-26(3)4)32(38(44)42-18-9-8-10-19-42)25-33(39(43)45)37-40-35(27(5)47-37)30-14-16-31(17-15-30)41-20-22-46-23-21-41/h11-17,25-26H,6-10,18-24H2,1-5H3. The Labute approximate surface area is 283 Å². The summed E-state index contributed by atoms with van der Waals surface area (Å²) < 4.78 is 7.43. The maximum absolute atomic E-state index is 14.9. The summed E-state index contributed by atoms with van der Waals surface area (Å²) in [6.07, 6.45) is 5.37. The number of amides is 1. The van der Waals surface area contributed by atoms with Crippen molar-refractivity contribution in [3.63, 3.8) is 0 Å². The highest BCUT2D eigenvalue weighted by Crippen LogP contribution is 2.35. The fourth-order valence-electron chi connectivity index (χ4n) is 7.02. The van der Waals surface area contributed by atoms with Crippen LogP contribution in [0.3, 0.4) is 0 Å². The smallest absolute Gasteiger partial charge is 0.265 e. The number of ether oxygens (including phenoxy) is 1. The first-order valence-electron chi connectivity index (χ1n) is 17.4. The van der Waals surface area contributed by atoms with E-state index in [2.05, 4.69) is 82.0 Å². The number of morpholine rings is 1. The van der Waals surface area contributed by atoms with E-state index in [0.717, 1.165) is 110 Å². The van der Waals surface area contributed by atoms with Crippen LogP contribution >= 0.6 is 11.3 Å². The van der Waals surface area contributed by atoms with Gasteiger partial charge in [0.05, 0.1) is 35.7 Å². The maximum atomic E-state index is 14.9. The average Bonchev–Trinajstić information content (AvgIpc) is 3.49. The summed E-state index contributed by atoms with van der Waals surface area (Å²) in [6.45, 7) is 15.4. The predicted molar refractivity (Wildman–Crippen MR) is 193 cm³/mol. The Bertz CT molecular complexity index is 1750. The second-order valence-corrected chi connectivity index (χ2v) is 14.4. The summed E-state index contributed by atoms with van der Waals surface area (Å²) in [4.78, 5) is 39.8. The second-order valence-electron chi connectivity index (χ2n) is 13.2. The van der Waals surface area contributed by atoms with E-state index >= 15 is 0 Å². The van der Waals surface area contributed by atoms with Crippen LogP contribution in [0.15, 0.2) is 53.3 Å². The van der Waals surface area contributed by atoms with Gasteiger partial charge < -0.3 is 14.5 Å². The number of thiazole rings is 1. The van der Waals surface area contributed by atoms with Crippen molar-refractivity contribution in [2.45, 2.75) is 73.1 Å². The van der Waals surface area contributed by atoms with E-state index in [1.54, 1.807) is 0 Å². The normalized spacial score (nSPS) is 15.4. The highest BCUT2D eigenvalue weighted by atomic mass is 32.1. The zero-order valence-corrected chi connectivity index (χ0v) is 29.4. The van der Waals surface area contributed by atoms with Crippen LogP contribution in [0, 0.1) is 12.8 Å². The number of carbonyl (C=O) groups excluding carboxylic acids is 1. The number of aryl methyl sites for hydroxylation is 3. The molecule has 1 amide bonds. The van der Waals surface area contributed by atoms with E-state index in [1.165, 1.54) is 17.0 Å². The largest absolute Gasteiger partial charge is 0.378 e. The summed E-state index contributed by atoms with van der Waals surface area (Å²) >= 11 is 1.53. The van der Waals surface area contributed by atoms with Crippen LogP contribution in [0.25, 0.3) is 27.5 Å². The Balaban J connectivity index is 1.53. The van der Waals surface area contributed by atoms with Gasteiger partial charge in [-0.3, -0.25) is 14.2 Å². The first-order chi connectivity index (χ1) is 22.8. The molecule has 6 rings (SSSR count). The van der Waals surface area contributed by atoms with Crippen molar-refractivity contribution in [2.75, 3.05) is 44.3 Å². The molecule has 2 saturated heterocycles. The predicted octanol–water partition coefficient (Wildman–Crippen LogP) is 7.72. The SMILES string of the molecule is CCc1cccc(CC)c1-n1c(CC(C)C)c(C(=O)N2CCCCC2)cc(-c2nc(-c3ccc(N4CCOCC4)cc3)c(C)s2)c1=O. The molecule has 0 bridgehead atoms. The number of benzene rings is 2. The lowest BCUT2D eigenvalue weighted by molar-refractivity contribution is 0.0722. The van der Waals surface area contributed by atoms with E-state index in [-0.39, 0.29) is 17.4 Å². The zero-order valence-electron chi connectivity index (χ0n) is 28.6.